The van der Waals surface area contributed by atoms with Gasteiger partial charge in [0.1, 0.15) is 0 Å². The lowest BCUT2D eigenvalue weighted by molar-refractivity contribution is -0.143. The third kappa shape index (κ3) is 55.8. The fraction of sp³-hybridized carbons (Fsp3) is 0.937. The highest BCUT2D eigenvalue weighted by Crippen LogP contribution is 2.18. The Hall–Kier alpha value is -1.40. The molecule has 0 bridgehead atoms. The lowest BCUT2D eigenvalue weighted by Gasteiger charge is -2.20. The lowest BCUT2D eigenvalue weighted by atomic mass is 10.0. The number of carbonyl (C=O) groups is 2. The highest BCUT2D eigenvalue weighted by Gasteiger charge is 2.18. The molecule has 0 aliphatic carbocycles. The second-order valence-corrected chi connectivity index (χ2v) is 21.8. The Labute approximate surface area is 431 Å². The van der Waals surface area contributed by atoms with Crippen LogP contribution in [0.3, 0.4) is 0 Å². The largest absolute Gasteiger partial charge is 0.466 e. The fourth-order valence-electron chi connectivity index (χ4n) is 9.99. The summed E-state index contributed by atoms with van der Waals surface area (Å²) in [5.74, 6) is -0.0918. The Bertz CT molecular complexity index is 1030. The van der Waals surface area contributed by atoms with Crippen molar-refractivity contribution >= 4 is 11.9 Å². The van der Waals surface area contributed by atoms with E-state index in [1.807, 2.05) is 6.08 Å². The van der Waals surface area contributed by atoms with Gasteiger partial charge in [-0.3, -0.25) is 9.59 Å². The summed E-state index contributed by atoms with van der Waals surface area (Å²) in [5.41, 5.74) is 0. The first-order chi connectivity index (χ1) is 34.0. The first-order valence-corrected chi connectivity index (χ1v) is 31.5. The molecule has 0 fully saturated rings. The number of hydrogen-bond acceptors (Lipinski definition) is 5. The number of carbonyl (C=O) groups excluding carboxylic acids is 2. The molecule has 0 rings (SSSR count). The van der Waals surface area contributed by atoms with E-state index in [1.54, 1.807) is 6.08 Å². The Kier molecular flexibility index (Phi) is 58.0. The molecule has 0 aromatic carbocycles. The molecule has 0 aliphatic heterocycles. The van der Waals surface area contributed by atoms with Crippen molar-refractivity contribution in [3.05, 3.63) is 12.2 Å². The van der Waals surface area contributed by atoms with Gasteiger partial charge in [0.25, 0.3) is 0 Å². The zero-order valence-corrected chi connectivity index (χ0v) is 46.8. The van der Waals surface area contributed by atoms with Gasteiger partial charge in [-0.15, -0.1) is 0 Å². The normalized spacial score (nSPS) is 12.6. The number of aliphatic hydroxyl groups is 2. The first kappa shape index (κ1) is 67.6. The van der Waals surface area contributed by atoms with E-state index >= 15 is 0 Å². The van der Waals surface area contributed by atoms with Gasteiger partial charge in [0.15, 0.2) is 0 Å². The number of amides is 1. The van der Waals surface area contributed by atoms with Crippen molar-refractivity contribution in [2.24, 2.45) is 0 Å². The van der Waals surface area contributed by atoms with Crippen LogP contribution >= 0.6 is 0 Å². The maximum absolute atomic E-state index is 12.5. The number of unbranched alkanes of at least 4 members (excludes halogenated alkanes) is 48. The van der Waals surface area contributed by atoms with Gasteiger partial charge in [-0.2, -0.15) is 0 Å². The van der Waals surface area contributed by atoms with Crippen LogP contribution in [0.25, 0.3) is 0 Å². The van der Waals surface area contributed by atoms with E-state index in [2.05, 4.69) is 19.2 Å². The average Bonchev–Trinajstić information content (AvgIpc) is 3.35. The molecule has 3 N–H and O–H groups in total. The van der Waals surface area contributed by atoms with Gasteiger partial charge in [0.05, 0.1) is 25.4 Å². The molecular weight excluding hydrogens is 851 g/mol. The molecule has 0 aliphatic rings. The summed E-state index contributed by atoms with van der Waals surface area (Å²) in [6, 6.07) is -0.642. The molecule has 0 aromatic rings. The van der Waals surface area contributed by atoms with Crippen molar-refractivity contribution in [3.8, 4) is 0 Å². The molecule has 0 radical (unpaired) electrons. The molecule has 0 heterocycles. The molecule has 0 spiro atoms. The third-order valence-corrected chi connectivity index (χ3v) is 14.8. The molecule has 410 valence electrons. The minimum atomic E-state index is -0.857. The van der Waals surface area contributed by atoms with Crippen LogP contribution < -0.4 is 5.32 Å². The smallest absolute Gasteiger partial charge is 0.305 e. The summed E-state index contributed by atoms with van der Waals surface area (Å²) >= 11 is 0. The van der Waals surface area contributed by atoms with Gasteiger partial charge >= 0.3 is 5.97 Å². The highest BCUT2D eigenvalue weighted by atomic mass is 16.5. The molecule has 0 aromatic heterocycles. The van der Waals surface area contributed by atoms with Crippen LogP contribution in [0.15, 0.2) is 12.2 Å². The predicted molar refractivity (Wildman–Crippen MR) is 301 cm³/mol. The number of ether oxygens (including phenoxy) is 1. The molecule has 2 atom stereocenters. The van der Waals surface area contributed by atoms with E-state index in [0.29, 0.717) is 19.4 Å². The molecule has 0 saturated carbocycles. The van der Waals surface area contributed by atoms with Crippen LogP contribution in [0.4, 0.5) is 0 Å². The van der Waals surface area contributed by atoms with E-state index in [0.717, 1.165) is 57.8 Å². The Morgan fingerprint density at radius 2 is 0.667 bits per heavy atom. The van der Waals surface area contributed by atoms with E-state index in [-0.39, 0.29) is 18.5 Å². The van der Waals surface area contributed by atoms with Crippen LogP contribution in [0.2, 0.25) is 0 Å². The second kappa shape index (κ2) is 59.2. The number of nitrogens with one attached hydrogen (secondary N) is 1. The zero-order chi connectivity index (χ0) is 50.0. The van der Waals surface area contributed by atoms with Crippen molar-refractivity contribution in [2.45, 2.75) is 366 Å². The van der Waals surface area contributed by atoms with Crippen LogP contribution in [-0.4, -0.2) is 47.4 Å². The maximum atomic E-state index is 12.5. The van der Waals surface area contributed by atoms with E-state index < -0.39 is 12.1 Å². The predicted octanol–water partition coefficient (Wildman–Crippen LogP) is 19.6. The Morgan fingerprint density at radius 3 is 0.986 bits per heavy atom. The number of esters is 1. The Balaban J connectivity index is 3.46. The van der Waals surface area contributed by atoms with Gasteiger partial charge < -0.3 is 20.3 Å². The number of allylic oxidation sites excluding steroid dienone is 1. The van der Waals surface area contributed by atoms with Crippen LogP contribution in [0.5, 0.6) is 0 Å². The highest BCUT2D eigenvalue weighted by molar-refractivity contribution is 5.76. The zero-order valence-electron chi connectivity index (χ0n) is 46.8. The SMILES string of the molecule is CCCCCCCCCCCCCCCCCCCCCCC/C=C/C(O)C(CO)NC(=O)CCCCCCCCCCCCCOC(=O)CCCCCCCCCCCCCCCCCCCC. The van der Waals surface area contributed by atoms with Gasteiger partial charge in [-0.1, -0.05) is 321 Å². The summed E-state index contributed by atoms with van der Waals surface area (Å²) < 4.78 is 5.49. The van der Waals surface area contributed by atoms with Gasteiger partial charge in [-0.05, 0) is 32.1 Å². The summed E-state index contributed by atoms with van der Waals surface area (Å²) in [6.07, 6.45) is 71.0. The van der Waals surface area contributed by atoms with Gasteiger partial charge in [0, 0.05) is 12.8 Å². The van der Waals surface area contributed by atoms with Crippen LogP contribution in [-0.2, 0) is 14.3 Å². The molecule has 6 heteroatoms. The van der Waals surface area contributed by atoms with Gasteiger partial charge in [-0.25, -0.2) is 0 Å². The molecule has 6 nitrogen and oxygen atoms in total. The topological polar surface area (TPSA) is 95.9 Å². The third-order valence-electron chi connectivity index (χ3n) is 14.8. The molecule has 2 unspecified atom stereocenters. The monoisotopic (exact) mass is 974 g/mol. The summed E-state index contributed by atoms with van der Waals surface area (Å²) in [7, 11) is 0. The Morgan fingerprint density at radius 1 is 0.391 bits per heavy atom. The molecule has 69 heavy (non-hydrogen) atoms. The number of aliphatic hydroxyl groups excluding tert-OH is 2. The van der Waals surface area contributed by atoms with E-state index in [4.69, 9.17) is 4.74 Å². The summed E-state index contributed by atoms with van der Waals surface area (Å²) in [4.78, 5) is 24.6. The number of hydrogen-bond donors (Lipinski definition) is 3. The van der Waals surface area contributed by atoms with Gasteiger partial charge in [0.2, 0.25) is 5.91 Å². The number of rotatable bonds is 59. The van der Waals surface area contributed by atoms with Crippen molar-refractivity contribution < 1.29 is 24.5 Å². The summed E-state index contributed by atoms with van der Waals surface area (Å²) in [5, 5.41) is 23.2. The molecule has 0 saturated heterocycles. The van der Waals surface area contributed by atoms with Crippen molar-refractivity contribution in [1.29, 1.82) is 0 Å². The fourth-order valence-corrected chi connectivity index (χ4v) is 9.99. The minimum Gasteiger partial charge on any atom is -0.466 e. The molecule has 1 amide bonds. The van der Waals surface area contributed by atoms with E-state index in [1.165, 1.54) is 270 Å². The molecular formula is C63H123NO5. The maximum Gasteiger partial charge on any atom is 0.305 e. The first-order valence-electron chi connectivity index (χ1n) is 31.5. The average molecular weight is 975 g/mol. The summed E-state index contributed by atoms with van der Waals surface area (Å²) in [6.45, 7) is 4.90. The van der Waals surface area contributed by atoms with Crippen LogP contribution in [0, 0.1) is 0 Å². The van der Waals surface area contributed by atoms with E-state index in [9.17, 15) is 19.8 Å². The van der Waals surface area contributed by atoms with Crippen molar-refractivity contribution in [3.63, 3.8) is 0 Å². The van der Waals surface area contributed by atoms with Crippen molar-refractivity contribution in [2.75, 3.05) is 13.2 Å². The minimum absolute atomic E-state index is 0.00975. The van der Waals surface area contributed by atoms with Crippen molar-refractivity contribution in [1.82, 2.24) is 5.32 Å². The second-order valence-electron chi connectivity index (χ2n) is 21.8. The quantitative estimate of drug-likeness (QED) is 0.0321. The lowest BCUT2D eigenvalue weighted by Crippen LogP contribution is -2.45. The standard InChI is InChI=1S/C63H123NO5/c1-3-5-7-9-11-13-15-17-19-21-23-24-25-26-27-28-30-32-35-39-43-47-51-55-61(66)60(59-65)64-62(67)56-52-48-44-40-36-34-38-42-46-50-54-58-69-63(68)57-53-49-45-41-37-33-31-29-22-20-18-16-14-12-10-8-6-4-2/h51,55,60-61,65-66H,3-50,52-54,56-59H2,1-2H3,(H,64,67)/b55-51+. The van der Waals surface area contributed by atoms with Crippen LogP contribution in [0.1, 0.15) is 354 Å².